The smallest absolute Gasteiger partial charge is 0.255 e. The number of nitrogens with two attached hydrogens (primary N) is 1. The number of carbonyl (C=O) groups excluding carboxylic acids is 3. The second-order valence-corrected chi connectivity index (χ2v) is 8.37. The minimum atomic E-state index is -2.57. The Balaban J connectivity index is 1.72. The molecule has 0 aliphatic heterocycles. The first kappa shape index (κ1) is 20.1. The summed E-state index contributed by atoms with van der Waals surface area (Å²) in [4.78, 5) is 37.5. The van der Waals surface area contributed by atoms with Gasteiger partial charge in [-0.25, -0.2) is 0 Å². The zero-order chi connectivity index (χ0) is 22.9. The first-order chi connectivity index (χ1) is 15.2. The van der Waals surface area contributed by atoms with Gasteiger partial charge in [-0.05, 0) is 48.6 Å². The highest BCUT2D eigenvalue weighted by Crippen LogP contribution is 2.53. The molecule has 9 nitrogen and oxygen atoms in total. The van der Waals surface area contributed by atoms with Crippen molar-refractivity contribution < 1.29 is 39.2 Å². The number of benzene rings is 1. The summed E-state index contributed by atoms with van der Waals surface area (Å²) in [7, 11) is 0. The van der Waals surface area contributed by atoms with Crippen LogP contribution < -0.4 is 5.73 Å². The van der Waals surface area contributed by atoms with Crippen molar-refractivity contribution in [2.45, 2.75) is 24.9 Å². The van der Waals surface area contributed by atoms with E-state index in [2.05, 4.69) is 0 Å². The summed E-state index contributed by atoms with van der Waals surface area (Å²) in [5, 5.41) is 43.3. The molecule has 32 heavy (non-hydrogen) atoms. The lowest BCUT2D eigenvalue weighted by Crippen LogP contribution is -2.58. The fraction of sp³-hybridized carbons (Fsp3) is 0.261. The Morgan fingerprint density at radius 1 is 1.12 bits per heavy atom. The average molecular weight is 437 g/mol. The van der Waals surface area contributed by atoms with E-state index in [-0.39, 0.29) is 36.1 Å². The number of aliphatic hydroxyl groups excluding tert-OH is 2. The van der Waals surface area contributed by atoms with E-state index < -0.39 is 52.0 Å². The molecule has 3 atom stereocenters. The third-order valence-corrected chi connectivity index (χ3v) is 6.73. The van der Waals surface area contributed by atoms with Crippen molar-refractivity contribution in [1.82, 2.24) is 0 Å². The van der Waals surface area contributed by atoms with Crippen molar-refractivity contribution in [1.29, 1.82) is 0 Å². The third-order valence-electron chi connectivity index (χ3n) is 6.73. The van der Waals surface area contributed by atoms with Gasteiger partial charge in [0.05, 0.1) is 11.8 Å². The Labute approximate surface area is 181 Å². The van der Waals surface area contributed by atoms with Crippen molar-refractivity contribution in [3.8, 4) is 17.1 Å². The quantitative estimate of drug-likeness (QED) is 0.442. The second-order valence-electron chi connectivity index (χ2n) is 8.37. The van der Waals surface area contributed by atoms with Gasteiger partial charge in [0.2, 0.25) is 5.78 Å². The number of amides is 1. The number of hydrogen-bond acceptors (Lipinski definition) is 8. The number of aromatic hydroxyl groups is 1. The van der Waals surface area contributed by atoms with E-state index in [1.54, 1.807) is 18.2 Å². The van der Waals surface area contributed by atoms with Gasteiger partial charge in [0.25, 0.3) is 5.91 Å². The fourth-order valence-electron chi connectivity index (χ4n) is 5.28. The number of primary amides is 1. The molecule has 1 aromatic heterocycles. The Bertz CT molecular complexity index is 1270. The highest BCUT2D eigenvalue weighted by atomic mass is 16.3. The van der Waals surface area contributed by atoms with E-state index >= 15 is 0 Å². The van der Waals surface area contributed by atoms with Crippen molar-refractivity contribution >= 4 is 23.2 Å². The van der Waals surface area contributed by atoms with Crippen molar-refractivity contribution in [2.24, 2.45) is 17.6 Å². The molecule has 5 rings (SSSR count). The highest BCUT2D eigenvalue weighted by Gasteiger charge is 2.60. The first-order valence-corrected chi connectivity index (χ1v) is 10.0. The van der Waals surface area contributed by atoms with Crippen LogP contribution in [0.5, 0.6) is 5.75 Å². The molecule has 9 heteroatoms. The second kappa shape index (κ2) is 6.57. The van der Waals surface area contributed by atoms with E-state index in [0.717, 1.165) is 0 Å². The van der Waals surface area contributed by atoms with Crippen LogP contribution in [0.3, 0.4) is 0 Å². The molecule has 0 spiro atoms. The van der Waals surface area contributed by atoms with E-state index in [0.29, 0.717) is 16.9 Å². The van der Waals surface area contributed by atoms with Gasteiger partial charge >= 0.3 is 0 Å². The predicted octanol–water partition coefficient (Wildman–Crippen LogP) is 1.68. The molecule has 3 unspecified atom stereocenters. The lowest BCUT2D eigenvalue weighted by molar-refractivity contribution is -0.147. The number of aliphatic hydroxyl groups is 3. The maximum atomic E-state index is 13.4. The molecular formula is C23H19NO8. The molecule has 1 heterocycles. The van der Waals surface area contributed by atoms with Crippen molar-refractivity contribution in [3.63, 3.8) is 0 Å². The van der Waals surface area contributed by atoms with E-state index in [1.165, 1.54) is 12.3 Å². The summed E-state index contributed by atoms with van der Waals surface area (Å²) in [6.07, 6.45) is 1.43. The van der Waals surface area contributed by atoms with Crippen LogP contribution >= 0.6 is 0 Å². The molecule has 0 saturated heterocycles. The average Bonchev–Trinajstić information content (AvgIpc) is 3.25. The maximum Gasteiger partial charge on any atom is 0.255 e. The minimum absolute atomic E-state index is 0.0334. The summed E-state index contributed by atoms with van der Waals surface area (Å²) >= 11 is 0. The number of Topliss-reactive ketones (excluding diaryl/α,β-unsaturated/α-hetero) is 2. The number of furan rings is 1. The topological polar surface area (TPSA) is 171 Å². The fourth-order valence-corrected chi connectivity index (χ4v) is 5.28. The van der Waals surface area contributed by atoms with Crippen LogP contribution in [-0.2, 0) is 20.8 Å². The summed E-state index contributed by atoms with van der Waals surface area (Å²) in [5.74, 6) is -5.98. The van der Waals surface area contributed by atoms with Crippen LogP contribution in [0.1, 0.15) is 24.0 Å². The molecule has 0 bridgehead atoms. The van der Waals surface area contributed by atoms with Gasteiger partial charge in [-0.15, -0.1) is 0 Å². The van der Waals surface area contributed by atoms with Crippen LogP contribution in [-0.4, -0.2) is 43.5 Å². The number of rotatable bonds is 2. The lowest BCUT2D eigenvalue weighted by Gasteiger charge is -2.46. The minimum Gasteiger partial charge on any atom is -0.508 e. The van der Waals surface area contributed by atoms with Crippen LogP contribution in [0.2, 0.25) is 0 Å². The Morgan fingerprint density at radius 3 is 2.53 bits per heavy atom. The van der Waals surface area contributed by atoms with E-state index in [1.807, 2.05) is 0 Å². The number of hydrogen-bond donors (Lipinski definition) is 5. The molecule has 1 amide bonds. The van der Waals surface area contributed by atoms with E-state index in [4.69, 9.17) is 10.2 Å². The molecule has 1 aromatic carbocycles. The van der Waals surface area contributed by atoms with Gasteiger partial charge in [-0.3, -0.25) is 14.4 Å². The summed E-state index contributed by atoms with van der Waals surface area (Å²) in [6.45, 7) is 0. The number of ketones is 2. The number of carbonyl (C=O) groups is 3. The van der Waals surface area contributed by atoms with Gasteiger partial charge in [0.15, 0.2) is 11.4 Å². The largest absolute Gasteiger partial charge is 0.508 e. The normalized spacial score (nSPS) is 27.2. The summed E-state index contributed by atoms with van der Waals surface area (Å²) in [5.41, 5.74) is 2.84. The van der Waals surface area contributed by atoms with E-state index in [9.17, 15) is 34.8 Å². The molecule has 1 saturated carbocycles. The first-order valence-electron chi connectivity index (χ1n) is 10.0. The highest BCUT2D eigenvalue weighted by molar-refractivity contribution is 6.22. The molecule has 3 aliphatic carbocycles. The van der Waals surface area contributed by atoms with Gasteiger partial charge in [0, 0.05) is 23.5 Å². The zero-order valence-corrected chi connectivity index (χ0v) is 16.7. The maximum absolute atomic E-state index is 13.4. The number of fused-ring (bicyclic) bond motifs is 3. The van der Waals surface area contributed by atoms with Gasteiger partial charge in [0.1, 0.15) is 28.6 Å². The summed E-state index contributed by atoms with van der Waals surface area (Å²) < 4.78 is 5.47. The Kier molecular flexibility index (Phi) is 4.12. The van der Waals surface area contributed by atoms with Crippen LogP contribution in [0.25, 0.3) is 17.1 Å². The lowest BCUT2D eigenvalue weighted by atomic mass is 9.59. The van der Waals surface area contributed by atoms with Gasteiger partial charge < -0.3 is 30.6 Å². The molecule has 1 fully saturated rings. The zero-order valence-electron chi connectivity index (χ0n) is 16.7. The van der Waals surface area contributed by atoms with Crippen LogP contribution in [0.4, 0.5) is 0 Å². The number of phenolic OH excluding ortho intramolecular Hbond substituents is 1. The molecular weight excluding hydrogens is 418 g/mol. The third kappa shape index (κ3) is 2.45. The molecule has 6 N–H and O–H groups in total. The molecule has 0 radical (unpaired) electrons. The molecule has 3 aliphatic rings. The van der Waals surface area contributed by atoms with Gasteiger partial charge in [-0.2, -0.15) is 0 Å². The molecule has 164 valence electrons. The van der Waals surface area contributed by atoms with Crippen LogP contribution in [0.15, 0.2) is 51.9 Å². The van der Waals surface area contributed by atoms with Crippen molar-refractivity contribution in [3.05, 3.63) is 58.6 Å². The summed E-state index contributed by atoms with van der Waals surface area (Å²) in [6, 6.07) is 6.42. The predicted molar refractivity (Wildman–Crippen MR) is 109 cm³/mol. The van der Waals surface area contributed by atoms with Crippen molar-refractivity contribution in [2.75, 3.05) is 0 Å². The van der Waals surface area contributed by atoms with Gasteiger partial charge in [-0.1, -0.05) is 0 Å². The number of phenols is 1. The monoisotopic (exact) mass is 437 g/mol. The SMILES string of the molecule is NC(=O)C1=C(O)C2(O)C(=O)C3=C(O)c4c(O)ccc(-c5ccco5)c4CC3CC2CC1=O. The Morgan fingerprint density at radius 2 is 1.88 bits per heavy atom. The molecule has 2 aromatic rings. The standard InChI is InChI=1S/C23H19NO8/c24-22(30)18-14(26)8-10-6-9-7-12-11(15-2-1-5-32-15)3-4-13(25)17(12)19(27)16(9)20(28)23(10,31)21(18)29/h1-5,9-10,25,27,29,31H,6-8H2,(H2,24,30). The van der Waals surface area contributed by atoms with Crippen LogP contribution in [0, 0.1) is 11.8 Å². The Hall–Kier alpha value is -3.85.